The van der Waals surface area contributed by atoms with Crippen LogP contribution in [0.15, 0.2) is 29.3 Å². The fraction of sp³-hybridized carbons (Fsp3) is 0.308. The van der Waals surface area contributed by atoms with Crippen molar-refractivity contribution in [3.8, 4) is 0 Å². The third-order valence-corrected chi connectivity index (χ3v) is 2.87. The van der Waals surface area contributed by atoms with Gasteiger partial charge in [-0.25, -0.2) is 4.79 Å². The molecule has 106 valence electrons. The fourth-order valence-corrected chi connectivity index (χ4v) is 1.78. The average molecular weight is 275 g/mol. The molecule has 2 rings (SSSR count). The van der Waals surface area contributed by atoms with E-state index in [-0.39, 0.29) is 37.5 Å². The molecular weight excluding hydrogens is 258 g/mol. The Balaban J connectivity index is 1.83. The molecule has 1 aromatic rings. The number of aliphatic imine (C=N–C) groups is 1. The van der Waals surface area contributed by atoms with Crippen LogP contribution in [-0.2, 0) is 4.79 Å². The van der Waals surface area contributed by atoms with E-state index >= 15 is 0 Å². The molecule has 0 saturated carbocycles. The van der Waals surface area contributed by atoms with Gasteiger partial charge in [0.05, 0.1) is 19.6 Å². The average Bonchev–Trinajstić information content (AvgIpc) is 2.73. The number of hydrogen-bond donors (Lipinski definition) is 3. The smallest absolute Gasteiger partial charge is 0.324 e. The largest absolute Gasteiger partial charge is 0.370 e. The first-order valence-corrected chi connectivity index (χ1v) is 6.28. The van der Waals surface area contributed by atoms with Crippen LogP contribution in [0.5, 0.6) is 0 Å². The number of carbonyl (C=O) groups excluding carboxylic acids is 2. The lowest BCUT2D eigenvalue weighted by Gasteiger charge is -2.10. The molecular formula is C13H17N5O2. The van der Waals surface area contributed by atoms with E-state index in [1.54, 1.807) is 0 Å². The maximum atomic E-state index is 11.3. The highest BCUT2D eigenvalue weighted by atomic mass is 16.2. The van der Waals surface area contributed by atoms with Crippen molar-refractivity contribution in [2.75, 3.05) is 25.0 Å². The molecule has 1 aromatic carbocycles. The maximum Gasteiger partial charge on any atom is 0.324 e. The quantitative estimate of drug-likeness (QED) is 0.417. The van der Waals surface area contributed by atoms with Crippen LogP contribution in [0, 0.1) is 6.92 Å². The number of aryl methyl sites for hydroxylation is 1. The third kappa shape index (κ3) is 3.47. The number of urea groups is 1. The number of nitrogens with one attached hydrogen (secondary N) is 2. The van der Waals surface area contributed by atoms with Gasteiger partial charge in [-0.15, -0.1) is 0 Å². The monoisotopic (exact) mass is 275 g/mol. The summed E-state index contributed by atoms with van der Waals surface area (Å²) in [5.74, 6) is 0.0103. The van der Waals surface area contributed by atoms with E-state index < -0.39 is 0 Å². The molecule has 7 nitrogen and oxygen atoms in total. The summed E-state index contributed by atoms with van der Waals surface area (Å²) in [4.78, 5) is 27.8. The minimum atomic E-state index is -0.379. The molecule has 1 saturated heterocycles. The van der Waals surface area contributed by atoms with Gasteiger partial charge in [-0.05, 0) is 19.1 Å². The first kappa shape index (κ1) is 13.9. The van der Waals surface area contributed by atoms with Crippen molar-refractivity contribution < 1.29 is 9.59 Å². The Morgan fingerprint density at radius 2 is 2.10 bits per heavy atom. The number of nitrogens with zero attached hydrogens (tertiary/aromatic N) is 2. The minimum Gasteiger partial charge on any atom is -0.370 e. The van der Waals surface area contributed by atoms with Crippen LogP contribution in [0.1, 0.15) is 5.56 Å². The minimum absolute atomic E-state index is 0.0552. The lowest BCUT2D eigenvalue weighted by molar-refractivity contribution is -0.124. The number of carbonyl (C=O) groups is 2. The molecule has 0 bridgehead atoms. The van der Waals surface area contributed by atoms with Crippen molar-refractivity contribution in [3.05, 3.63) is 29.8 Å². The highest BCUT2D eigenvalue weighted by Crippen LogP contribution is 2.07. The van der Waals surface area contributed by atoms with E-state index in [1.807, 2.05) is 31.2 Å². The molecule has 0 aliphatic carbocycles. The molecule has 0 spiro atoms. The maximum absolute atomic E-state index is 11.3. The molecule has 4 N–H and O–H groups in total. The Bertz CT molecular complexity index is 522. The molecule has 20 heavy (non-hydrogen) atoms. The Kier molecular flexibility index (Phi) is 4.19. The molecule has 1 aliphatic rings. The second kappa shape index (κ2) is 6.05. The number of nitrogens with two attached hydrogens (primary N) is 1. The highest BCUT2D eigenvalue weighted by molar-refractivity contribution is 6.02. The van der Waals surface area contributed by atoms with Crippen LogP contribution in [0.3, 0.4) is 0 Å². The zero-order valence-electron chi connectivity index (χ0n) is 11.2. The topological polar surface area (TPSA) is 99.8 Å². The van der Waals surface area contributed by atoms with E-state index in [0.717, 1.165) is 16.2 Å². The number of imide groups is 1. The van der Waals surface area contributed by atoms with E-state index in [9.17, 15) is 9.59 Å². The second-order valence-corrected chi connectivity index (χ2v) is 4.46. The zero-order chi connectivity index (χ0) is 14.5. The molecule has 0 unspecified atom stereocenters. The van der Waals surface area contributed by atoms with Crippen molar-refractivity contribution in [1.29, 1.82) is 0 Å². The SMILES string of the molecule is Cc1ccc(NC(N)=NCCN2C(=O)CNC2=O)cc1. The lowest BCUT2D eigenvalue weighted by atomic mass is 10.2. The van der Waals surface area contributed by atoms with Gasteiger partial charge in [-0.1, -0.05) is 17.7 Å². The number of benzene rings is 1. The van der Waals surface area contributed by atoms with Crippen molar-refractivity contribution in [2.45, 2.75) is 6.92 Å². The number of guanidine groups is 1. The summed E-state index contributed by atoms with van der Waals surface area (Å²) in [6, 6.07) is 7.34. The molecule has 1 heterocycles. The van der Waals surface area contributed by atoms with Crippen molar-refractivity contribution >= 4 is 23.6 Å². The summed E-state index contributed by atoms with van der Waals surface area (Å²) in [5.41, 5.74) is 7.73. The van der Waals surface area contributed by atoms with Gasteiger partial charge < -0.3 is 16.4 Å². The third-order valence-electron chi connectivity index (χ3n) is 2.87. The summed E-state index contributed by atoms with van der Waals surface area (Å²) in [6.45, 7) is 2.55. The Morgan fingerprint density at radius 3 is 2.70 bits per heavy atom. The number of amides is 3. The van der Waals surface area contributed by atoms with Crippen LogP contribution in [0.25, 0.3) is 0 Å². The highest BCUT2D eigenvalue weighted by Gasteiger charge is 2.27. The van der Waals surface area contributed by atoms with Gasteiger partial charge in [0, 0.05) is 5.69 Å². The van der Waals surface area contributed by atoms with Gasteiger partial charge in [0.15, 0.2) is 5.96 Å². The standard InChI is InChI=1S/C13H17N5O2/c1-9-2-4-10(5-3-9)17-12(14)15-6-7-18-11(19)8-16-13(18)20/h2-5H,6-8H2,1H3,(H,16,20)(H3,14,15,17). The first-order chi connectivity index (χ1) is 9.56. The molecule has 0 aromatic heterocycles. The van der Waals surface area contributed by atoms with Crippen LogP contribution in [0.2, 0.25) is 0 Å². The molecule has 1 fully saturated rings. The van der Waals surface area contributed by atoms with Gasteiger partial charge in [0.2, 0.25) is 5.91 Å². The first-order valence-electron chi connectivity index (χ1n) is 6.28. The molecule has 3 amide bonds. The van der Waals surface area contributed by atoms with E-state index in [4.69, 9.17) is 5.73 Å². The van der Waals surface area contributed by atoms with E-state index in [2.05, 4.69) is 15.6 Å². The Morgan fingerprint density at radius 1 is 1.40 bits per heavy atom. The van der Waals surface area contributed by atoms with Gasteiger partial charge >= 0.3 is 6.03 Å². The molecule has 1 aliphatic heterocycles. The van der Waals surface area contributed by atoms with Crippen LogP contribution in [0.4, 0.5) is 10.5 Å². The van der Waals surface area contributed by atoms with E-state index in [0.29, 0.717) is 0 Å². The van der Waals surface area contributed by atoms with E-state index in [1.165, 1.54) is 0 Å². The Labute approximate surface area is 116 Å². The summed E-state index contributed by atoms with van der Waals surface area (Å²) >= 11 is 0. The summed E-state index contributed by atoms with van der Waals surface area (Å²) in [6.07, 6.45) is 0. The van der Waals surface area contributed by atoms with Crippen molar-refractivity contribution in [2.24, 2.45) is 10.7 Å². The van der Waals surface area contributed by atoms with Gasteiger partial charge in [0.25, 0.3) is 0 Å². The number of hydrogen-bond acceptors (Lipinski definition) is 3. The predicted octanol–water partition coefficient (Wildman–Crippen LogP) is 0.273. The zero-order valence-corrected chi connectivity index (χ0v) is 11.2. The molecule has 7 heteroatoms. The fourth-order valence-electron chi connectivity index (χ4n) is 1.78. The van der Waals surface area contributed by atoms with Gasteiger partial charge in [-0.2, -0.15) is 0 Å². The number of anilines is 1. The van der Waals surface area contributed by atoms with Gasteiger partial charge in [0.1, 0.15) is 0 Å². The van der Waals surface area contributed by atoms with Crippen LogP contribution < -0.4 is 16.4 Å². The summed E-state index contributed by atoms with van der Waals surface area (Å²) < 4.78 is 0. The second-order valence-electron chi connectivity index (χ2n) is 4.46. The van der Waals surface area contributed by atoms with Gasteiger partial charge in [-0.3, -0.25) is 14.7 Å². The molecule has 0 radical (unpaired) electrons. The molecule has 0 atom stereocenters. The van der Waals surface area contributed by atoms with Crippen molar-refractivity contribution in [3.63, 3.8) is 0 Å². The van der Waals surface area contributed by atoms with Crippen LogP contribution in [-0.4, -0.2) is 42.4 Å². The summed E-state index contributed by atoms with van der Waals surface area (Å²) in [7, 11) is 0. The van der Waals surface area contributed by atoms with Crippen molar-refractivity contribution in [1.82, 2.24) is 10.2 Å². The normalized spacial score (nSPS) is 15.4. The Hall–Kier alpha value is -2.57. The number of rotatable bonds is 4. The lowest BCUT2D eigenvalue weighted by Crippen LogP contribution is -2.34. The predicted molar refractivity (Wildman–Crippen MR) is 76.4 cm³/mol. The van der Waals surface area contributed by atoms with Crippen LogP contribution >= 0.6 is 0 Å². The summed E-state index contributed by atoms with van der Waals surface area (Å²) in [5, 5.41) is 5.39.